The lowest BCUT2D eigenvalue weighted by molar-refractivity contribution is 0.466. The number of halogens is 3. The number of aromatic hydroxyl groups is 1. The zero-order valence-corrected chi connectivity index (χ0v) is 11.5. The van der Waals surface area contributed by atoms with E-state index >= 15 is 0 Å². The first kappa shape index (κ1) is 13.1. The number of hydrogen-bond donors (Lipinski definition) is 2. The van der Waals surface area contributed by atoms with Gasteiger partial charge in [-0.3, -0.25) is 0 Å². The molecule has 0 bridgehead atoms. The first-order valence-electron chi connectivity index (χ1n) is 5.08. The molecule has 18 heavy (non-hydrogen) atoms. The number of rotatable bonds is 3. The third kappa shape index (κ3) is 3.11. The van der Waals surface area contributed by atoms with Gasteiger partial charge in [-0.25, -0.2) is 9.37 Å². The molecule has 0 atom stereocenters. The summed E-state index contributed by atoms with van der Waals surface area (Å²) in [7, 11) is 0. The van der Waals surface area contributed by atoms with Crippen molar-refractivity contribution in [3.63, 3.8) is 0 Å². The van der Waals surface area contributed by atoms with Crippen LogP contribution in [0.15, 0.2) is 34.9 Å². The van der Waals surface area contributed by atoms with Crippen molar-refractivity contribution in [3.8, 4) is 5.75 Å². The molecule has 94 valence electrons. The van der Waals surface area contributed by atoms with Crippen LogP contribution in [0.25, 0.3) is 0 Å². The lowest BCUT2D eigenvalue weighted by atomic mass is 10.2. The lowest BCUT2D eigenvalue weighted by Gasteiger charge is -2.08. The van der Waals surface area contributed by atoms with E-state index in [0.29, 0.717) is 21.7 Å². The average Bonchev–Trinajstić information content (AvgIpc) is 2.34. The van der Waals surface area contributed by atoms with Gasteiger partial charge < -0.3 is 10.4 Å². The molecule has 0 unspecified atom stereocenters. The summed E-state index contributed by atoms with van der Waals surface area (Å²) in [6, 6.07) is 5.56. The molecule has 0 saturated heterocycles. The number of benzene rings is 1. The molecule has 0 radical (unpaired) electrons. The Morgan fingerprint density at radius 3 is 2.89 bits per heavy atom. The second kappa shape index (κ2) is 5.54. The van der Waals surface area contributed by atoms with E-state index in [0.717, 1.165) is 5.69 Å². The highest BCUT2D eigenvalue weighted by Gasteiger charge is 2.04. The largest absolute Gasteiger partial charge is 0.508 e. The van der Waals surface area contributed by atoms with E-state index in [1.54, 1.807) is 12.3 Å². The van der Waals surface area contributed by atoms with Crippen LogP contribution in [-0.2, 0) is 6.54 Å². The topological polar surface area (TPSA) is 45.1 Å². The zero-order valence-electron chi connectivity index (χ0n) is 9.12. The maximum absolute atomic E-state index is 13.0. The van der Waals surface area contributed by atoms with Gasteiger partial charge in [-0.1, -0.05) is 11.6 Å². The molecule has 2 rings (SSSR count). The Morgan fingerprint density at radius 1 is 1.39 bits per heavy atom. The molecular formula is C12H9BrClFN2O. The SMILES string of the molecule is Oc1ccc(F)cc1CNc1cnc(Cl)c(Br)c1. The summed E-state index contributed by atoms with van der Waals surface area (Å²) in [6.45, 7) is 0.291. The van der Waals surface area contributed by atoms with Crippen LogP contribution < -0.4 is 5.32 Å². The molecule has 0 saturated carbocycles. The van der Waals surface area contributed by atoms with Gasteiger partial charge in [0.1, 0.15) is 16.7 Å². The normalized spacial score (nSPS) is 10.4. The molecule has 0 aliphatic carbocycles. The molecule has 6 heteroatoms. The summed E-state index contributed by atoms with van der Waals surface area (Å²) in [5, 5.41) is 12.9. The van der Waals surface area contributed by atoms with Crippen molar-refractivity contribution in [2.75, 3.05) is 5.32 Å². The highest BCUT2D eigenvalue weighted by molar-refractivity contribution is 9.10. The molecule has 0 fully saturated rings. The molecule has 3 nitrogen and oxygen atoms in total. The standard InChI is InChI=1S/C12H9BrClFN2O/c13-10-4-9(6-17-12(10)14)16-5-7-3-8(15)1-2-11(7)18/h1-4,6,16,18H,5H2. The number of hydrogen-bond acceptors (Lipinski definition) is 3. The fourth-order valence-corrected chi connectivity index (χ4v) is 1.86. The minimum Gasteiger partial charge on any atom is -0.508 e. The Labute approximate surface area is 117 Å². The van der Waals surface area contributed by atoms with Gasteiger partial charge in [-0.05, 0) is 40.2 Å². The number of anilines is 1. The van der Waals surface area contributed by atoms with E-state index in [1.165, 1.54) is 18.2 Å². The van der Waals surface area contributed by atoms with Crippen LogP contribution in [0.1, 0.15) is 5.56 Å². The van der Waals surface area contributed by atoms with Crippen molar-refractivity contribution in [1.82, 2.24) is 4.98 Å². The second-order valence-electron chi connectivity index (χ2n) is 3.62. The van der Waals surface area contributed by atoms with Gasteiger partial charge in [0.05, 0.1) is 16.4 Å². The molecule has 0 aliphatic rings. The number of phenols is 1. The highest BCUT2D eigenvalue weighted by atomic mass is 79.9. The van der Waals surface area contributed by atoms with E-state index in [1.807, 2.05) is 0 Å². The number of phenolic OH excluding ortho intramolecular Hbond substituents is 1. The van der Waals surface area contributed by atoms with E-state index in [4.69, 9.17) is 11.6 Å². The Kier molecular flexibility index (Phi) is 4.04. The van der Waals surface area contributed by atoms with Crippen molar-refractivity contribution in [2.45, 2.75) is 6.54 Å². The van der Waals surface area contributed by atoms with Gasteiger partial charge in [0.15, 0.2) is 0 Å². The zero-order chi connectivity index (χ0) is 13.1. The molecule has 0 aliphatic heterocycles. The Hall–Kier alpha value is -1.33. The number of nitrogens with one attached hydrogen (secondary N) is 1. The van der Waals surface area contributed by atoms with Crippen molar-refractivity contribution < 1.29 is 9.50 Å². The fraction of sp³-hybridized carbons (Fsp3) is 0.0833. The van der Waals surface area contributed by atoms with Crippen molar-refractivity contribution in [3.05, 3.63) is 51.5 Å². The van der Waals surface area contributed by atoms with E-state index in [2.05, 4.69) is 26.2 Å². The van der Waals surface area contributed by atoms with Crippen LogP contribution in [0.5, 0.6) is 5.75 Å². The summed E-state index contributed by atoms with van der Waals surface area (Å²) in [5.74, 6) is -0.343. The quantitative estimate of drug-likeness (QED) is 0.837. The minimum atomic E-state index is -0.389. The molecule has 1 aromatic carbocycles. The summed E-state index contributed by atoms with van der Waals surface area (Å²) < 4.78 is 13.7. The number of aromatic nitrogens is 1. The molecule has 0 amide bonds. The van der Waals surface area contributed by atoms with Crippen molar-refractivity contribution in [2.24, 2.45) is 0 Å². The molecule has 0 spiro atoms. The minimum absolute atomic E-state index is 0.0462. The molecule has 1 aromatic heterocycles. The Balaban J connectivity index is 2.11. The predicted octanol–water partition coefficient (Wildman–Crippen LogP) is 3.95. The average molecular weight is 332 g/mol. The van der Waals surface area contributed by atoms with Crippen LogP contribution in [0.4, 0.5) is 10.1 Å². The van der Waals surface area contributed by atoms with E-state index in [-0.39, 0.29) is 11.6 Å². The maximum atomic E-state index is 13.0. The van der Waals surface area contributed by atoms with Crippen molar-refractivity contribution in [1.29, 1.82) is 0 Å². The summed E-state index contributed by atoms with van der Waals surface area (Å²) in [6.07, 6.45) is 1.56. The monoisotopic (exact) mass is 330 g/mol. The third-order valence-electron chi connectivity index (χ3n) is 2.32. The van der Waals surface area contributed by atoms with Gasteiger partial charge >= 0.3 is 0 Å². The Morgan fingerprint density at radius 2 is 2.17 bits per heavy atom. The van der Waals surface area contributed by atoms with Crippen LogP contribution in [0, 0.1) is 5.82 Å². The second-order valence-corrected chi connectivity index (χ2v) is 4.84. The van der Waals surface area contributed by atoms with Crippen molar-refractivity contribution >= 4 is 33.2 Å². The fourth-order valence-electron chi connectivity index (χ4n) is 1.41. The van der Waals surface area contributed by atoms with Crippen LogP contribution in [-0.4, -0.2) is 10.1 Å². The summed E-state index contributed by atoms with van der Waals surface area (Å²) >= 11 is 9.02. The van der Waals surface area contributed by atoms with Crippen LogP contribution in [0.3, 0.4) is 0 Å². The van der Waals surface area contributed by atoms with Gasteiger partial charge in [0.2, 0.25) is 0 Å². The molecule has 2 aromatic rings. The summed E-state index contributed by atoms with van der Waals surface area (Å²) in [4.78, 5) is 3.95. The van der Waals surface area contributed by atoms with Crippen LogP contribution in [0.2, 0.25) is 5.15 Å². The van der Waals surface area contributed by atoms with E-state index in [9.17, 15) is 9.50 Å². The van der Waals surface area contributed by atoms with Gasteiger partial charge in [0.25, 0.3) is 0 Å². The number of nitrogens with zero attached hydrogens (tertiary/aromatic N) is 1. The third-order valence-corrected chi connectivity index (χ3v) is 3.45. The first-order valence-corrected chi connectivity index (χ1v) is 6.25. The lowest BCUT2D eigenvalue weighted by Crippen LogP contribution is -2.00. The van der Waals surface area contributed by atoms with Gasteiger partial charge in [-0.2, -0.15) is 0 Å². The predicted molar refractivity (Wildman–Crippen MR) is 72.3 cm³/mol. The Bertz CT molecular complexity index is 580. The first-order chi connectivity index (χ1) is 8.56. The maximum Gasteiger partial charge on any atom is 0.143 e. The van der Waals surface area contributed by atoms with Crippen LogP contribution >= 0.6 is 27.5 Å². The molecular weight excluding hydrogens is 322 g/mol. The van der Waals surface area contributed by atoms with Gasteiger partial charge in [0, 0.05) is 12.1 Å². The smallest absolute Gasteiger partial charge is 0.143 e. The number of pyridine rings is 1. The summed E-state index contributed by atoms with van der Waals surface area (Å²) in [5.41, 5.74) is 1.19. The molecule has 2 N–H and O–H groups in total. The highest BCUT2D eigenvalue weighted by Crippen LogP contribution is 2.24. The van der Waals surface area contributed by atoms with Gasteiger partial charge in [-0.15, -0.1) is 0 Å². The molecule has 1 heterocycles. The van der Waals surface area contributed by atoms with E-state index < -0.39 is 0 Å².